The van der Waals surface area contributed by atoms with Crippen molar-refractivity contribution in [3.05, 3.63) is 30.2 Å². The van der Waals surface area contributed by atoms with E-state index in [-0.39, 0.29) is 0 Å². The van der Waals surface area contributed by atoms with Gasteiger partial charge in [-0.1, -0.05) is 32.8 Å². The molecule has 0 saturated carbocycles. The van der Waals surface area contributed by atoms with E-state index in [0.717, 1.165) is 42.7 Å². The third-order valence-electron chi connectivity index (χ3n) is 4.28. The first-order valence-electron chi connectivity index (χ1n) is 9.36. The number of aryl methyl sites for hydroxylation is 1. The molecule has 0 aliphatic carbocycles. The van der Waals surface area contributed by atoms with Crippen molar-refractivity contribution < 1.29 is 0 Å². The lowest BCUT2D eigenvalue weighted by Gasteiger charge is -2.18. The molecule has 6 nitrogen and oxygen atoms in total. The maximum atomic E-state index is 4.32. The van der Waals surface area contributed by atoms with Crippen molar-refractivity contribution in [1.82, 2.24) is 25.2 Å². The number of aliphatic imine (C=N–C) groups is 1. The smallest absolute Gasteiger partial charge is 0.191 e. The highest BCUT2D eigenvalue weighted by molar-refractivity contribution is 5.79. The van der Waals surface area contributed by atoms with Crippen LogP contribution in [0.1, 0.15) is 52.3 Å². The highest BCUT2D eigenvalue weighted by Crippen LogP contribution is 2.08. The molecule has 138 valence electrons. The average Bonchev–Trinajstić information content (AvgIpc) is 3.00. The molecule has 2 aromatic heterocycles. The summed E-state index contributed by atoms with van der Waals surface area (Å²) in [6.45, 7) is 7.63. The predicted octanol–water partition coefficient (Wildman–Crippen LogP) is 3.04. The van der Waals surface area contributed by atoms with Crippen molar-refractivity contribution in [2.24, 2.45) is 10.9 Å². The molecule has 2 aromatic rings. The summed E-state index contributed by atoms with van der Waals surface area (Å²) in [6.07, 6.45) is 7.59. The first-order valence-corrected chi connectivity index (χ1v) is 9.36. The topological polar surface area (TPSA) is 66.6 Å². The third kappa shape index (κ3) is 6.36. The molecule has 0 amide bonds. The van der Waals surface area contributed by atoms with Crippen molar-refractivity contribution in [2.75, 3.05) is 13.6 Å². The lowest BCUT2D eigenvalue weighted by atomic mass is 10.0. The molecule has 2 heterocycles. The molecule has 0 saturated heterocycles. The molecule has 0 bridgehead atoms. The number of fused-ring (bicyclic) bond motifs is 1. The van der Waals surface area contributed by atoms with Gasteiger partial charge >= 0.3 is 0 Å². The van der Waals surface area contributed by atoms with Crippen LogP contribution in [0.3, 0.4) is 0 Å². The number of guanidine groups is 1. The number of hydrogen-bond acceptors (Lipinski definition) is 3. The monoisotopic (exact) mass is 344 g/mol. The van der Waals surface area contributed by atoms with E-state index in [4.69, 9.17) is 0 Å². The number of hydrogen-bond donors (Lipinski definition) is 2. The minimum atomic E-state index is 0.436. The van der Waals surface area contributed by atoms with Crippen molar-refractivity contribution in [3.63, 3.8) is 0 Å². The summed E-state index contributed by atoms with van der Waals surface area (Å²) < 4.78 is 2.05. The van der Waals surface area contributed by atoms with Gasteiger partial charge in [0, 0.05) is 32.3 Å². The number of pyridine rings is 1. The quantitative estimate of drug-likeness (QED) is 0.417. The van der Waals surface area contributed by atoms with Crippen LogP contribution < -0.4 is 10.6 Å². The predicted molar refractivity (Wildman–Crippen MR) is 104 cm³/mol. The molecule has 0 aromatic carbocycles. The van der Waals surface area contributed by atoms with Gasteiger partial charge in [0.1, 0.15) is 5.82 Å². The maximum absolute atomic E-state index is 4.32. The van der Waals surface area contributed by atoms with Crippen LogP contribution in [-0.2, 0) is 6.42 Å². The van der Waals surface area contributed by atoms with Crippen LogP contribution in [0.25, 0.3) is 5.65 Å². The highest BCUT2D eigenvalue weighted by Gasteiger charge is 2.07. The number of aromatic nitrogens is 3. The van der Waals surface area contributed by atoms with E-state index in [1.165, 1.54) is 19.3 Å². The Morgan fingerprint density at radius 2 is 2.00 bits per heavy atom. The molecule has 6 heteroatoms. The van der Waals surface area contributed by atoms with E-state index < -0.39 is 0 Å². The second-order valence-corrected chi connectivity index (χ2v) is 7.02. The first-order chi connectivity index (χ1) is 12.1. The normalized spacial score (nSPS) is 13.4. The Morgan fingerprint density at radius 1 is 1.16 bits per heavy atom. The summed E-state index contributed by atoms with van der Waals surface area (Å²) in [5, 5.41) is 15.3. The summed E-state index contributed by atoms with van der Waals surface area (Å²) in [5.74, 6) is 2.66. The summed E-state index contributed by atoms with van der Waals surface area (Å²) in [5.41, 5.74) is 0.901. The van der Waals surface area contributed by atoms with Gasteiger partial charge in [-0.3, -0.25) is 9.39 Å². The standard InChI is InChI=1S/C19H32N6/c1-15(2)9-7-10-16(3)22-19(20-4)21-13-8-12-18-24-23-17-11-5-6-14-25(17)18/h5-6,11,14-16H,7-10,12-13H2,1-4H3,(H2,20,21,22). The van der Waals surface area contributed by atoms with E-state index in [1.54, 1.807) is 0 Å². The largest absolute Gasteiger partial charge is 0.356 e. The maximum Gasteiger partial charge on any atom is 0.191 e. The van der Waals surface area contributed by atoms with E-state index in [1.807, 2.05) is 35.8 Å². The summed E-state index contributed by atoms with van der Waals surface area (Å²) in [6, 6.07) is 6.39. The van der Waals surface area contributed by atoms with Crippen LogP contribution in [0.15, 0.2) is 29.4 Å². The summed E-state index contributed by atoms with van der Waals surface area (Å²) in [7, 11) is 1.82. The molecule has 0 spiro atoms. The minimum absolute atomic E-state index is 0.436. The summed E-state index contributed by atoms with van der Waals surface area (Å²) in [4.78, 5) is 4.32. The van der Waals surface area contributed by atoms with Gasteiger partial charge in [0.15, 0.2) is 11.6 Å². The van der Waals surface area contributed by atoms with E-state index in [2.05, 4.69) is 46.6 Å². The van der Waals surface area contributed by atoms with Crippen molar-refractivity contribution in [2.45, 2.75) is 58.9 Å². The zero-order valence-electron chi connectivity index (χ0n) is 16.0. The van der Waals surface area contributed by atoms with Gasteiger partial charge in [0.05, 0.1) is 0 Å². The Kier molecular flexibility index (Phi) is 7.70. The SMILES string of the molecule is CN=C(NCCCc1nnc2ccccn12)NC(C)CCCC(C)C. The van der Waals surface area contributed by atoms with Gasteiger partial charge in [0.2, 0.25) is 0 Å². The fourth-order valence-electron chi connectivity index (χ4n) is 2.85. The molecule has 1 atom stereocenters. The van der Waals surface area contributed by atoms with Crippen LogP contribution in [-0.4, -0.2) is 40.2 Å². The lowest BCUT2D eigenvalue weighted by molar-refractivity contribution is 0.491. The zero-order chi connectivity index (χ0) is 18.1. The molecule has 0 aliphatic heterocycles. The van der Waals surface area contributed by atoms with Gasteiger partial charge < -0.3 is 10.6 Å². The first kappa shape index (κ1) is 19.2. The Hall–Kier alpha value is -2.11. The van der Waals surface area contributed by atoms with E-state index in [0.29, 0.717) is 6.04 Å². The Balaban J connectivity index is 1.69. The molecular weight excluding hydrogens is 312 g/mol. The molecule has 0 aliphatic rings. The van der Waals surface area contributed by atoms with E-state index >= 15 is 0 Å². The molecule has 0 fully saturated rings. The number of nitrogens with one attached hydrogen (secondary N) is 2. The Morgan fingerprint density at radius 3 is 2.76 bits per heavy atom. The molecule has 2 N–H and O–H groups in total. The van der Waals surface area contributed by atoms with Gasteiger partial charge in [-0.15, -0.1) is 10.2 Å². The van der Waals surface area contributed by atoms with Crippen molar-refractivity contribution in [1.29, 1.82) is 0 Å². The van der Waals surface area contributed by atoms with Gasteiger partial charge in [0.25, 0.3) is 0 Å². The number of nitrogens with zero attached hydrogens (tertiary/aromatic N) is 4. The van der Waals surface area contributed by atoms with Crippen LogP contribution in [0.5, 0.6) is 0 Å². The molecule has 2 rings (SSSR count). The van der Waals surface area contributed by atoms with Crippen molar-refractivity contribution >= 4 is 11.6 Å². The fraction of sp³-hybridized carbons (Fsp3) is 0.632. The number of rotatable bonds is 9. The van der Waals surface area contributed by atoms with Crippen LogP contribution in [0, 0.1) is 5.92 Å². The van der Waals surface area contributed by atoms with Crippen LogP contribution in [0.4, 0.5) is 0 Å². The third-order valence-corrected chi connectivity index (χ3v) is 4.28. The zero-order valence-corrected chi connectivity index (χ0v) is 16.0. The van der Waals surface area contributed by atoms with Gasteiger partial charge in [-0.05, 0) is 37.8 Å². The Labute approximate surface area is 151 Å². The second-order valence-electron chi connectivity index (χ2n) is 7.02. The van der Waals surface area contributed by atoms with Crippen molar-refractivity contribution in [3.8, 4) is 0 Å². The molecule has 1 unspecified atom stereocenters. The lowest BCUT2D eigenvalue weighted by Crippen LogP contribution is -2.42. The van der Waals surface area contributed by atoms with Crippen LogP contribution in [0.2, 0.25) is 0 Å². The Bertz CT molecular complexity index is 661. The minimum Gasteiger partial charge on any atom is -0.356 e. The van der Waals surface area contributed by atoms with Gasteiger partial charge in [-0.2, -0.15) is 0 Å². The molecule has 25 heavy (non-hydrogen) atoms. The fourth-order valence-corrected chi connectivity index (χ4v) is 2.85. The molecule has 0 radical (unpaired) electrons. The average molecular weight is 345 g/mol. The van der Waals surface area contributed by atoms with Gasteiger partial charge in [-0.25, -0.2) is 0 Å². The molecular formula is C19H32N6. The van der Waals surface area contributed by atoms with Crippen LogP contribution >= 0.6 is 0 Å². The van der Waals surface area contributed by atoms with E-state index in [9.17, 15) is 0 Å². The second kappa shape index (κ2) is 10.0. The highest BCUT2D eigenvalue weighted by atomic mass is 15.2. The summed E-state index contributed by atoms with van der Waals surface area (Å²) >= 11 is 0.